The number of alkyl halides is 1. The number of hydrogen-bond acceptors (Lipinski definition) is 3. The lowest BCUT2D eigenvalue weighted by molar-refractivity contribution is -0.385. The molecule has 7 heteroatoms. The second-order valence-corrected chi connectivity index (χ2v) is 4.21. The van der Waals surface area contributed by atoms with E-state index in [4.69, 9.17) is 17.3 Å². The Kier molecular flexibility index (Phi) is 4.26. The lowest BCUT2D eigenvalue weighted by Crippen LogP contribution is -2.12. The van der Waals surface area contributed by atoms with Crippen molar-refractivity contribution in [1.82, 2.24) is 0 Å². The molecule has 0 aliphatic carbocycles. The summed E-state index contributed by atoms with van der Waals surface area (Å²) in [6.07, 6.45) is 0. The number of benzene rings is 1. The van der Waals surface area contributed by atoms with Gasteiger partial charge in [-0.05, 0) is 28.4 Å². The molecule has 0 saturated heterocycles. The average Bonchev–Trinajstić information content (AvgIpc) is 2.22. The zero-order chi connectivity index (χ0) is 12.3. The van der Waals surface area contributed by atoms with Crippen molar-refractivity contribution in [3.8, 4) is 0 Å². The van der Waals surface area contributed by atoms with E-state index >= 15 is 0 Å². The summed E-state index contributed by atoms with van der Waals surface area (Å²) < 4.78 is 0.521. The van der Waals surface area contributed by atoms with Crippen LogP contribution < -0.4 is 5.73 Å². The highest BCUT2D eigenvalue weighted by molar-refractivity contribution is 9.10. The fourth-order valence-corrected chi connectivity index (χ4v) is 1.83. The van der Waals surface area contributed by atoms with Gasteiger partial charge in [0.25, 0.3) is 5.69 Å². The maximum absolute atomic E-state index is 10.6. The van der Waals surface area contributed by atoms with Gasteiger partial charge in [0.15, 0.2) is 0 Å². The van der Waals surface area contributed by atoms with Crippen molar-refractivity contribution in [1.29, 1.82) is 0 Å². The fourth-order valence-electron chi connectivity index (χ4n) is 1.14. The van der Waals surface area contributed by atoms with Crippen molar-refractivity contribution in [3.63, 3.8) is 0 Å². The number of rotatable bonds is 3. The monoisotopic (exact) mass is 305 g/mol. The summed E-state index contributed by atoms with van der Waals surface area (Å²) in [6, 6.07) is 2.82. The molecule has 0 aliphatic heterocycles. The summed E-state index contributed by atoms with van der Waals surface area (Å²) in [5.41, 5.74) is 6.73. The molecule has 0 unspecified atom stereocenters. The van der Waals surface area contributed by atoms with Gasteiger partial charge in [0, 0.05) is 12.1 Å². The predicted octanol–water partition coefficient (Wildman–Crippen LogP) is 2.89. The third-order valence-corrected chi connectivity index (χ3v) is 2.72. The molecular formula is C9H9BrClN3O2. The van der Waals surface area contributed by atoms with Gasteiger partial charge in [0.1, 0.15) is 5.84 Å². The zero-order valence-corrected chi connectivity index (χ0v) is 10.7. The van der Waals surface area contributed by atoms with Crippen LogP contribution in [-0.2, 0) is 0 Å². The Morgan fingerprint density at radius 1 is 1.69 bits per heavy atom. The van der Waals surface area contributed by atoms with Gasteiger partial charge in [-0.1, -0.05) is 0 Å². The maximum Gasteiger partial charge on any atom is 0.270 e. The van der Waals surface area contributed by atoms with Gasteiger partial charge in [0.05, 0.1) is 21.0 Å². The molecule has 0 spiro atoms. The normalized spacial score (nSPS) is 11.6. The summed E-state index contributed by atoms with van der Waals surface area (Å²) in [6.45, 7) is 1.72. The van der Waals surface area contributed by atoms with Gasteiger partial charge < -0.3 is 5.73 Å². The van der Waals surface area contributed by atoms with Crippen molar-refractivity contribution in [2.24, 2.45) is 10.7 Å². The first-order valence-corrected chi connectivity index (χ1v) is 5.62. The number of nitro groups is 1. The standard InChI is InChI=1S/C9H9BrClN3O2/c1-5-2-6(14(15)16)3-7(10)9(5)13-8(12)4-11/h2-3H,4H2,1H3,(H2,12,13). The highest BCUT2D eigenvalue weighted by Crippen LogP contribution is 2.33. The maximum atomic E-state index is 10.6. The summed E-state index contributed by atoms with van der Waals surface area (Å²) in [5.74, 6) is 0.377. The largest absolute Gasteiger partial charge is 0.386 e. The molecule has 0 aliphatic rings. The molecule has 0 bridgehead atoms. The van der Waals surface area contributed by atoms with E-state index in [0.717, 1.165) is 0 Å². The molecule has 1 aromatic carbocycles. The van der Waals surface area contributed by atoms with E-state index in [9.17, 15) is 10.1 Å². The second kappa shape index (κ2) is 5.27. The van der Waals surface area contributed by atoms with Gasteiger partial charge in [-0.2, -0.15) is 0 Å². The number of aryl methyl sites for hydroxylation is 1. The molecular weight excluding hydrogens is 297 g/mol. The van der Waals surface area contributed by atoms with Gasteiger partial charge >= 0.3 is 0 Å². The first kappa shape index (κ1) is 12.9. The molecule has 1 rings (SSSR count). The van der Waals surface area contributed by atoms with E-state index in [2.05, 4.69) is 20.9 Å². The van der Waals surface area contributed by atoms with Crippen LogP contribution in [0.1, 0.15) is 5.56 Å². The lowest BCUT2D eigenvalue weighted by Gasteiger charge is -2.04. The van der Waals surface area contributed by atoms with Crippen LogP contribution in [0.4, 0.5) is 11.4 Å². The number of nitrogens with zero attached hydrogens (tertiary/aromatic N) is 2. The molecule has 86 valence electrons. The first-order valence-electron chi connectivity index (χ1n) is 4.29. The van der Waals surface area contributed by atoms with Crippen LogP contribution in [0, 0.1) is 17.0 Å². The van der Waals surface area contributed by atoms with Crippen molar-refractivity contribution in [2.45, 2.75) is 6.92 Å². The zero-order valence-electron chi connectivity index (χ0n) is 8.41. The van der Waals surface area contributed by atoms with Crippen LogP contribution in [0.15, 0.2) is 21.6 Å². The predicted molar refractivity (Wildman–Crippen MR) is 67.5 cm³/mol. The summed E-state index contributed by atoms with van der Waals surface area (Å²) in [7, 11) is 0. The molecule has 1 aromatic rings. The van der Waals surface area contributed by atoms with E-state index in [0.29, 0.717) is 15.7 Å². The number of halogens is 2. The van der Waals surface area contributed by atoms with E-state index < -0.39 is 4.92 Å². The van der Waals surface area contributed by atoms with Crippen molar-refractivity contribution in [2.75, 3.05) is 5.88 Å². The highest BCUT2D eigenvalue weighted by atomic mass is 79.9. The van der Waals surface area contributed by atoms with E-state index in [1.807, 2.05) is 0 Å². The molecule has 2 N–H and O–H groups in total. The van der Waals surface area contributed by atoms with E-state index in [1.54, 1.807) is 6.92 Å². The smallest absolute Gasteiger partial charge is 0.270 e. The number of non-ortho nitro benzene ring substituents is 1. The van der Waals surface area contributed by atoms with Crippen molar-refractivity contribution < 1.29 is 4.92 Å². The Hall–Kier alpha value is -1.14. The van der Waals surface area contributed by atoms with Crippen LogP contribution in [0.3, 0.4) is 0 Å². The Bertz CT molecular complexity index is 439. The van der Waals surface area contributed by atoms with Crippen LogP contribution in [0.2, 0.25) is 0 Å². The molecule has 0 fully saturated rings. The molecule has 5 nitrogen and oxygen atoms in total. The Balaban J connectivity index is 3.28. The van der Waals surface area contributed by atoms with Gasteiger partial charge in [0.2, 0.25) is 0 Å². The third kappa shape index (κ3) is 2.93. The number of nitrogens with two attached hydrogens (primary N) is 1. The van der Waals surface area contributed by atoms with Gasteiger partial charge in [-0.15, -0.1) is 11.6 Å². The van der Waals surface area contributed by atoms with Crippen LogP contribution >= 0.6 is 27.5 Å². The van der Waals surface area contributed by atoms with Crippen LogP contribution in [0.25, 0.3) is 0 Å². The number of hydrogen-bond donors (Lipinski definition) is 1. The van der Waals surface area contributed by atoms with E-state index in [-0.39, 0.29) is 17.4 Å². The van der Waals surface area contributed by atoms with E-state index in [1.165, 1.54) is 12.1 Å². The summed E-state index contributed by atoms with van der Waals surface area (Å²) >= 11 is 8.72. The minimum atomic E-state index is -0.462. The van der Waals surface area contributed by atoms with Gasteiger partial charge in [-0.3, -0.25) is 10.1 Å². The second-order valence-electron chi connectivity index (χ2n) is 3.09. The molecule has 16 heavy (non-hydrogen) atoms. The minimum Gasteiger partial charge on any atom is -0.386 e. The Morgan fingerprint density at radius 2 is 2.31 bits per heavy atom. The molecule has 0 saturated carbocycles. The van der Waals surface area contributed by atoms with Gasteiger partial charge in [-0.25, -0.2) is 4.99 Å². The number of amidine groups is 1. The summed E-state index contributed by atoms with van der Waals surface area (Å²) in [4.78, 5) is 14.2. The fraction of sp³-hybridized carbons (Fsp3) is 0.222. The third-order valence-electron chi connectivity index (χ3n) is 1.84. The molecule has 0 atom stereocenters. The SMILES string of the molecule is Cc1cc([N+](=O)[O-])cc(Br)c1N=C(N)CCl. The van der Waals surface area contributed by atoms with Crippen LogP contribution in [0.5, 0.6) is 0 Å². The summed E-state index contributed by atoms with van der Waals surface area (Å²) in [5, 5.41) is 10.6. The highest BCUT2D eigenvalue weighted by Gasteiger charge is 2.12. The average molecular weight is 307 g/mol. The Morgan fingerprint density at radius 3 is 2.75 bits per heavy atom. The van der Waals surface area contributed by atoms with Crippen molar-refractivity contribution >= 4 is 44.7 Å². The quantitative estimate of drug-likeness (QED) is 0.306. The number of aliphatic imine (C=N–C) groups is 1. The topological polar surface area (TPSA) is 81.5 Å². The van der Waals surface area contributed by atoms with Crippen LogP contribution in [-0.4, -0.2) is 16.6 Å². The first-order chi connectivity index (χ1) is 7.45. The minimum absolute atomic E-state index is 0.00719. The molecule has 0 heterocycles. The molecule has 0 radical (unpaired) electrons. The molecule has 0 amide bonds. The lowest BCUT2D eigenvalue weighted by atomic mass is 10.2. The number of nitro benzene ring substituents is 1. The molecule has 0 aromatic heterocycles. The Labute approximate surface area is 106 Å². The van der Waals surface area contributed by atoms with Crippen molar-refractivity contribution in [3.05, 3.63) is 32.3 Å².